The van der Waals surface area contributed by atoms with E-state index in [0.717, 1.165) is 21.6 Å². The lowest BCUT2D eigenvalue weighted by Crippen LogP contribution is -2.43. The van der Waals surface area contributed by atoms with Gasteiger partial charge in [-0.1, -0.05) is 47.5 Å². The molecule has 2 atom stereocenters. The minimum atomic E-state index is -1.33. The molecule has 0 unspecified atom stereocenters. The summed E-state index contributed by atoms with van der Waals surface area (Å²) in [5, 5.41) is 6.11. The molecule has 0 spiro atoms. The molecule has 0 aromatic heterocycles. The quantitative estimate of drug-likeness (QED) is 0.672. The molecule has 2 aromatic rings. The number of carbonyl (C=O) groups is 3. The van der Waals surface area contributed by atoms with Crippen molar-refractivity contribution in [3.8, 4) is 0 Å². The normalized spacial score (nSPS) is 19.6. The standard InChI is InChI=1S/C22H23Cl2N3O3/c1-12-5-6-15(9-13(12)2)14(3)25-19(28)11-27-20(29)22(4,26-21(27)30)16-7-8-17(23)18(24)10-16/h5-10,14H,11H2,1-4H3,(H,25,28)(H,26,30)/t14-,22+/m1/s1. The summed E-state index contributed by atoms with van der Waals surface area (Å²) in [6.45, 7) is 7.07. The maximum atomic E-state index is 13.0. The Kier molecular flexibility index (Phi) is 6.11. The first-order valence-electron chi connectivity index (χ1n) is 9.49. The first-order valence-corrected chi connectivity index (χ1v) is 10.2. The highest BCUT2D eigenvalue weighted by atomic mass is 35.5. The van der Waals surface area contributed by atoms with Crippen molar-refractivity contribution in [2.45, 2.75) is 39.3 Å². The van der Waals surface area contributed by atoms with Crippen LogP contribution in [0.4, 0.5) is 4.79 Å². The zero-order valence-electron chi connectivity index (χ0n) is 17.2. The van der Waals surface area contributed by atoms with E-state index in [4.69, 9.17) is 23.2 Å². The number of benzene rings is 2. The molecule has 2 N–H and O–H groups in total. The largest absolute Gasteiger partial charge is 0.348 e. The van der Waals surface area contributed by atoms with E-state index in [2.05, 4.69) is 10.6 Å². The van der Waals surface area contributed by atoms with Gasteiger partial charge in [-0.25, -0.2) is 4.79 Å². The van der Waals surface area contributed by atoms with Crippen LogP contribution in [0.5, 0.6) is 0 Å². The highest BCUT2D eigenvalue weighted by molar-refractivity contribution is 6.42. The molecule has 158 valence electrons. The summed E-state index contributed by atoms with van der Waals surface area (Å²) < 4.78 is 0. The number of amides is 4. The highest BCUT2D eigenvalue weighted by Gasteiger charge is 2.49. The number of nitrogens with one attached hydrogen (secondary N) is 2. The number of rotatable bonds is 5. The smallest absolute Gasteiger partial charge is 0.325 e. The summed E-state index contributed by atoms with van der Waals surface area (Å²) in [7, 11) is 0. The van der Waals surface area contributed by atoms with Gasteiger partial charge in [0, 0.05) is 0 Å². The van der Waals surface area contributed by atoms with Crippen molar-refractivity contribution in [3.05, 3.63) is 68.7 Å². The molecule has 30 heavy (non-hydrogen) atoms. The molecular weight excluding hydrogens is 425 g/mol. The van der Waals surface area contributed by atoms with Crippen molar-refractivity contribution >= 4 is 41.0 Å². The van der Waals surface area contributed by atoms with Crippen molar-refractivity contribution in [2.75, 3.05) is 6.54 Å². The molecule has 1 saturated heterocycles. The Hall–Kier alpha value is -2.57. The van der Waals surface area contributed by atoms with Gasteiger partial charge in [0.25, 0.3) is 5.91 Å². The van der Waals surface area contributed by atoms with Crippen LogP contribution in [0.15, 0.2) is 36.4 Å². The molecule has 6 nitrogen and oxygen atoms in total. The lowest BCUT2D eigenvalue weighted by molar-refractivity contribution is -0.135. The van der Waals surface area contributed by atoms with Crippen LogP contribution in [-0.2, 0) is 15.1 Å². The van der Waals surface area contributed by atoms with Crippen molar-refractivity contribution in [1.29, 1.82) is 0 Å². The molecule has 3 rings (SSSR count). The zero-order valence-corrected chi connectivity index (χ0v) is 18.7. The van der Waals surface area contributed by atoms with Crippen LogP contribution in [0, 0.1) is 13.8 Å². The number of nitrogens with zero attached hydrogens (tertiary/aromatic N) is 1. The molecule has 1 aliphatic heterocycles. The molecule has 1 fully saturated rings. The van der Waals surface area contributed by atoms with E-state index in [1.165, 1.54) is 6.07 Å². The first kappa shape index (κ1) is 22.1. The van der Waals surface area contributed by atoms with Crippen LogP contribution in [0.1, 0.15) is 42.1 Å². The second-order valence-corrected chi connectivity index (χ2v) is 8.52. The van der Waals surface area contributed by atoms with Crippen molar-refractivity contribution in [3.63, 3.8) is 0 Å². The van der Waals surface area contributed by atoms with Gasteiger partial charge in [0.2, 0.25) is 5.91 Å². The number of hydrogen-bond acceptors (Lipinski definition) is 3. The van der Waals surface area contributed by atoms with Gasteiger partial charge in [-0.3, -0.25) is 14.5 Å². The summed E-state index contributed by atoms with van der Waals surface area (Å²) in [5.41, 5.74) is 2.40. The van der Waals surface area contributed by atoms with Crippen LogP contribution in [0.3, 0.4) is 0 Å². The van der Waals surface area contributed by atoms with Gasteiger partial charge in [0.1, 0.15) is 12.1 Å². The topological polar surface area (TPSA) is 78.5 Å². The third kappa shape index (κ3) is 4.16. The van der Waals surface area contributed by atoms with Crippen molar-refractivity contribution in [1.82, 2.24) is 15.5 Å². The fourth-order valence-electron chi connectivity index (χ4n) is 3.39. The Morgan fingerprint density at radius 1 is 1.10 bits per heavy atom. The maximum absolute atomic E-state index is 13.0. The third-order valence-corrected chi connectivity index (χ3v) is 6.22. The fraction of sp³-hybridized carbons (Fsp3) is 0.318. The van der Waals surface area contributed by atoms with Crippen LogP contribution in [0.25, 0.3) is 0 Å². The van der Waals surface area contributed by atoms with Crippen LogP contribution in [0.2, 0.25) is 10.0 Å². The maximum Gasteiger partial charge on any atom is 0.325 e. The Morgan fingerprint density at radius 2 is 1.80 bits per heavy atom. The zero-order chi connectivity index (χ0) is 22.2. The molecule has 4 amide bonds. The van der Waals surface area contributed by atoms with Gasteiger partial charge in [-0.05, 0) is 62.1 Å². The second kappa shape index (κ2) is 8.28. The highest BCUT2D eigenvalue weighted by Crippen LogP contribution is 2.33. The number of aryl methyl sites for hydroxylation is 2. The average Bonchev–Trinajstić information content (AvgIpc) is 2.90. The molecule has 0 saturated carbocycles. The monoisotopic (exact) mass is 447 g/mol. The molecule has 1 heterocycles. The van der Waals surface area contributed by atoms with Gasteiger partial charge in [0.15, 0.2) is 0 Å². The minimum absolute atomic E-state index is 0.265. The van der Waals surface area contributed by atoms with E-state index in [9.17, 15) is 14.4 Å². The van der Waals surface area contributed by atoms with E-state index in [1.807, 2.05) is 39.0 Å². The Bertz CT molecular complexity index is 1040. The van der Waals surface area contributed by atoms with Gasteiger partial charge in [0.05, 0.1) is 16.1 Å². The average molecular weight is 448 g/mol. The van der Waals surface area contributed by atoms with E-state index in [-0.39, 0.29) is 17.6 Å². The molecule has 1 aliphatic rings. The third-order valence-electron chi connectivity index (χ3n) is 5.48. The number of halogens is 2. The van der Waals surface area contributed by atoms with Gasteiger partial charge < -0.3 is 10.6 Å². The van der Waals surface area contributed by atoms with E-state index in [1.54, 1.807) is 19.1 Å². The molecule has 0 bridgehead atoms. The number of imide groups is 1. The molecular formula is C22H23Cl2N3O3. The predicted molar refractivity (Wildman–Crippen MR) is 117 cm³/mol. The fourth-order valence-corrected chi connectivity index (χ4v) is 3.69. The predicted octanol–water partition coefficient (Wildman–Crippen LogP) is 4.25. The first-order chi connectivity index (χ1) is 14.0. The van der Waals surface area contributed by atoms with Gasteiger partial charge >= 0.3 is 6.03 Å². The Labute approximate surface area is 185 Å². The molecule has 8 heteroatoms. The minimum Gasteiger partial charge on any atom is -0.348 e. The van der Waals surface area contributed by atoms with Crippen LogP contribution < -0.4 is 10.6 Å². The number of hydrogen-bond donors (Lipinski definition) is 2. The lowest BCUT2D eigenvalue weighted by Gasteiger charge is -2.23. The lowest BCUT2D eigenvalue weighted by atomic mass is 9.92. The van der Waals surface area contributed by atoms with E-state index in [0.29, 0.717) is 10.6 Å². The van der Waals surface area contributed by atoms with Gasteiger partial charge in [-0.15, -0.1) is 0 Å². The van der Waals surface area contributed by atoms with E-state index >= 15 is 0 Å². The van der Waals surface area contributed by atoms with Gasteiger partial charge in [-0.2, -0.15) is 0 Å². The second-order valence-electron chi connectivity index (χ2n) is 7.71. The van der Waals surface area contributed by atoms with Crippen LogP contribution in [-0.4, -0.2) is 29.3 Å². The summed E-state index contributed by atoms with van der Waals surface area (Å²) in [6, 6.07) is 9.77. The summed E-state index contributed by atoms with van der Waals surface area (Å²) in [4.78, 5) is 38.9. The van der Waals surface area contributed by atoms with E-state index < -0.39 is 23.4 Å². The molecule has 0 aliphatic carbocycles. The number of carbonyl (C=O) groups excluding carboxylic acids is 3. The van der Waals surface area contributed by atoms with Crippen molar-refractivity contribution in [2.24, 2.45) is 0 Å². The Morgan fingerprint density at radius 3 is 2.43 bits per heavy atom. The van der Waals surface area contributed by atoms with Crippen LogP contribution >= 0.6 is 23.2 Å². The Balaban J connectivity index is 1.72. The summed E-state index contributed by atoms with van der Waals surface area (Å²) in [6.07, 6.45) is 0. The number of urea groups is 1. The summed E-state index contributed by atoms with van der Waals surface area (Å²) >= 11 is 12.0. The SMILES string of the molecule is Cc1ccc([C@@H](C)NC(=O)CN2C(=O)N[C@@](C)(c3ccc(Cl)c(Cl)c3)C2=O)cc1C. The summed E-state index contributed by atoms with van der Waals surface area (Å²) in [5.74, 6) is -0.956. The molecule has 2 aromatic carbocycles. The molecule has 0 radical (unpaired) electrons. The van der Waals surface area contributed by atoms with Crippen molar-refractivity contribution < 1.29 is 14.4 Å².